The van der Waals surface area contributed by atoms with Crippen LogP contribution < -0.4 is 5.32 Å². The average Bonchev–Trinajstić information content (AvgIpc) is 3.23. The summed E-state index contributed by atoms with van der Waals surface area (Å²) in [4.78, 5) is 19.2. The molecule has 5 rings (SSSR count). The number of rotatable bonds is 2. The zero-order chi connectivity index (χ0) is 17.7. The Bertz CT molecular complexity index is 1160. The highest BCUT2D eigenvalue weighted by atomic mass is 35.5. The number of thiophene rings is 1. The van der Waals surface area contributed by atoms with Gasteiger partial charge in [0, 0.05) is 20.5 Å². The number of carbonyl (C=O) groups is 1. The van der Waals surface area contributed by atoms with Gasteiger partial charge in [-0.15, -0.1) is 22.7 Å². The molecular weight excluding hydrogens is 384 g/mol. The summed E-state index contributed by atoms with van der Waals surface area (Å²) in [6.45, 7) is 0. The van der Waals surface area contributed by atoms with E-state index in [2.05, 4.69) is 28.5 Å². The quantitative estimate of drug-likeness (QED) is 0.449. The lowest BCUT2D eigenvalue weighted by Gasteiger charge is -2.13. The summed E-state index contributed by atoms with van der Waals surface area (Å²) in [5.74, 6) is -0.199. The molecule has 0 spiro atoms. The van der Waals surface area contributed by atoms with E-state index in [0.717, 1.165) is 28.6 Å². The number of nitrogens with one attached hydrogen (secondary N) is 1. The van der Waals surface area contributed by atoms with E-state index in [4.69, 9.17) is 11.6 Å². The highest BCUT2D eigenvalue weighted by Gasteiger charge is 2.23. The van der Waals surface area contributed by atoms with Crippen molar-refractivity contribution in [3.8, 4) is 11.3 Å². The Kier molecular flexibility index (Phi) is 3.81. The van der Waals surface area contributed by atoms with Crippen molar-refractivity contribution in [1.82, 2.24) is 4.98 Å². The first-order valence-corrected chi connectivity index (χ1v) is 10.3. The molecule has 0 aliphatic heterocycles. The Morgan fingerprint density at radius 3 is 2.73 bits per heavy atom. The van der Waals surface area contributed by atoms with Crippen LogP contribution in [0.15, 0.2) is 48.5 Å². The minimum atomic E-state index is -0.199. The van der Waals surface area contributed by atoms with E-state index >= 15 is 0 Å². The van der Waals surface area contributed by atoms with Gasteiger partial charge >= 0.3 is 0 Å². The number of carbonyl (C=O) groups excluding carboxylic acids is 1. The summed E-state index contributed by atoms with van der Waals surface area (Å²) < 4.78 is 1.01. The zero-order valence-electron chi connectivity index (χ0n) is 13.6. The Hall–Kier alpha value is -2.21. The average molecular weight is 397 g/mol. The summed E-state index contributed by atoms with van der Waals surface area (Å²) >= 11 is 9.38. The first-order chi connectivity index (χ1) is 12.7. The van der Waals surface area contributed by atoms with Crippen LogP contribution in [-0.2, 0) is 12.8 Å². The van der Waals surface area contributed by atoms with Gasteiger partial charge < -0.3 is 0 Å². The lowest BCUT2D eigenvalue weighted by atomic mass is 9.94. The van der Waals surface area contributed by atoms with Crippen molar-refractivity contribution in [1.29, 1.82) is 0 Å². The van der Waals surface area contributed by atoms with Gasteiger partial charge in [-0.05, 0) is 24.5 Å². The van der Waals surface area contributed by atoms with Crippen LogP contribution in [0.1, 0.15) is 20.1 Å². The van der Waals surface area contributed by atoms with Gasteiger partial charge in [0.05, 0.1) is 10.7 Å². The molecule has 6 heteroatoms. The highest BCUT2D eigenvalue weighted by Crippen LogP contribution is 2.39. The Morgan fingerprint density at radius 1 is 1.04 bits per heavy atom. The van der Waals surface area contributed by atoms with E-state index in [1.165, 1.54) is 27.3 Å². The number of hydrogen-bond acceptors (Lipinski definition) is 4. The van der Waals surface area contributed by atoms with E-state index in [9.17, 15) is 4.79 Å². The lowest BCUT2D eigenvalue weighted by molar-refractivity contribution is 0.103. The number of aryl methyl sites for hydroxylation is 2. The van der Waals surface area contributed by atoms with Gasteiger partial charge in [0.15, 0.2) is 5.13 Å². The minimum Gasteiger partial charge on any atom is -0.297 e. The van der Waals surface area contributed by atoms with Gasteiger partial charge in [-0.2, -0.15) is 0 Å². The second-order valence-electron chi connectivity index (χ2n) is 6.14. The van der Waals surface area contributed by atoms with Crippen LogP contribution in [0, 0.1) is 0 Å². The van der Waals surface area contributed by atoms with E-state index in [-0.39, 0.29) is 5.91 Å². The van der Waals surface area contributed by atoms with E-state index < -0.39 is 0 Å². The third-order valence-electron chi connectivity index (χ3n) is 4.55. The van der Waals surface area contributed by atoms with Gasteiger partial charge in [0.1, 0.15) is 4.88 Å². The van der Waals surface area contributed by atoms with Gasteiger partial charge in [0.25, 0.3) is 5.91 Å². The molecule has 1 aliphatic carbocycles. The molecule has 0 saturated heterocycles. The summed E-state index contributed by atoms with van der Waals surface area (Å²) in [6.07, 6.45) is 1.98. The number of amides is 1. The molecule has 0 unspecified atom stereocenters. The van der Waals surface area contributed by atoms with Crippen LogP contribution in [0.3, 0.4) is 0 Å². The minimum absolute atomic E-state index is 0.199. The second kappa shape index (κ2) is 6.20. The third kappa shape index (κ3) is 2.55. The summed E-state index contributed by atoms with van der Waals surface area (Å²) in [7, 11) is 0. The fourth-order valence-electron chi connectivity index (χ4n) is 3.32. The van der Waals surface area contributed by atoms with Crippen molar-refractivity contribution < 1.29 is 4.79 Å². The molecule has 0 saturated carbocycles. The normalized spacial score (nSPS) is 12.7. The topological polar surface area (TPSA) is 42.0 Å². The van der Waals surface area contributed by atoms with Crippen LogP contribution in [-0.4, -0.2) is 10.9 Å². The number of aromatic nitrogens is 1. The van der Waals surface area contributed by atoms with Crippen molar-refractivity contribution in [2.45, 2.75) is 12.8 Å². The number of anilines is 1. The van der Waals surface area contributed by atoms with Crippen molar-refractivity contribution >= 4 is 55.4 Å². The molecule has 2 heterocycles. The number of hydrogen-bond donors (Lipinski definition) is 1. The number of nitrogens with zero attached hydrogens (tertiary/aromatic N) is 1. The number of halogens is 1. The molecule has 1 amide bonds. The number of benzene rings is 2. The molecule has 128 valence electrons. The molecule has 26 heavy (non-hydrogen) atoms. The van der Waals surface area contributed by atoms with Crippen molar-refractivity contribution in [3.05, 3.63) is 68.9 Å². The van der Waals surface area contributed by atoms with Crippen LogP contribution >= 0.6 is 34.3 Å². The molecule has 1 N–H and O–H groups in total. The van der Waals surface area contributed by atoms with E-state index in [0.29, 0.717) is 15.0 Å². The molecule has 0 bridgehead atoms. The Balaban J connectivity index is 1.48. The summed E-state index contributed by atoms with van der Waals surface area (Å²) in [5.41, 5.74) is 3.48. The van der Waals surface area contributed by atoms with Gasteiger partial charge in [-0.1, -0.05) is 54.1 Å². The highest BCUT2D eigenvalue weighted by molar-refractivity contribution is 7.22. The zero-order valence-corrected chi connectivity index (χ0v) is 16.0. The molecule has 0 radical (unpaired) electrons. The molecule has 0 atom stereocenters. The molecule has 3 nitrogen and oxygen atoms in total. The van der Waals surface area contributed by atoms with Crippen LogP contribution in [0.2, 0.25) is 5.02 Å². The molecule has 1 aliphatic rings. The first-order valence-electron chi connectivity index (χ1n) is 8.27. The first kappa shape index (κ1) is 16.0. The van der Waals surface area contributed by atoms with Crippen molar-refractivity contribution in [2.75, 3.05) is 5.32 Å². The summed E-state index contributed by atoms with van der Waals surface area (Å²) in [6, 6.07) is 16.1. The monoisotopic (exact) mass is 396 g/mol. The number of thiazole rings is 1. The Morgan fingerprint density at radius 2 is 1.85 bits per heavy atom. The van der Waals surface area contributed by atoms with Crippen LogP contribution in [0.4, 0.5) is 5.13 Å². The van der Waals surface area contributed by atoms with Crippen molar-refractivity contribution in [2.24, 2.45) is 0 Å². The van der Waals surface area contributed by atoms with Gasteiger partial charge in [-0.25, -0.2) is 4.98 Å². The fourth-order valence-corrected chi connectivity index (χ4v) is 5.70. The van der Waals surface area contributed by atoms with E-state index in [1.807, 2.05) is 30.3 Å². The molecule has 0 fully saturated rings. The molecule has 4 aromatic rings. The maximum absolute atomic E-state index is 12.7. The van der Waals surface area contributed by atoms with Crippen LogP contribution in [0.25, 0.3) is 21.3 Å². The third-order valence-corrected chi connectivity index (χ3v) is 7.26. The maximum Gasteiger partial charge on any atom is 0.269 e. The standard InChI is InChI=1S/C20H13ClN2OS2/c21-16-13-7-3-4-8-14(13)25-18(16)19(24)23-20-22-17-12-6-2-1-5-11(12)9-10-15(17)26-20/h1-8H,9-10H2,(H,22,23,24). The lowest BCUT2D eigenvalue weighted by Crippen LogP contribution is -2.10. The Labute approximate surface area is 163 Å². The van der Waals surface area contributed by atoms with Crippen molar-refractivity contribution in [3.63, 3.8) is 0 Å². The second-order valence-corrected chi connectivity index (χ2v) is 8.66. The predicted molar refractivity (Wildman–Crippen MR) is 110 cm³/mol. The van der Waals surface area contributed by atoms with E-state index in [1.54, 1.807) is 11.3 Å². The molecule has 2 aromatic heterocycles. The smallest absolute Gasteiger partial charge is 0.269 e. The molecule has 2 aromatic carbocycles. The molecular formula is C20H13ClN2OS2. The van der Waals surface area contributed by atoms with Crippen LogP contribution in [0.5, 0.6) is 0 Å². The van der Waals surface area contributed by atoms with Gasteiger partial charge in [0.2, 0.25) is 0 Å². The predicted octanol–water partition coefficient (Wildman–Crippen LogP) is 6.03. The summed E-state index contributed by atoms with van der Waals surface area (Å²) in [5, 5.41) is 4.99. The largest absolute Gasteiger partial charge is 0.297 e. The number of fused-ring (bicyclic) bond motifs is 4. The SMILES string of the molecule is O=C(Nc1nc2c(s1)CCc1ccccc1-2)c1sc2ccccc2c1Cl. The van der Waals surface area contributed by atoms with Gasteiger partial charge in [-0.3, -0.25) is 10.1 Å². The maximum atomic E-state index is 12.7. The fraction of sp³-hybridized carbons (Fsp3) is 0.100.